The van der Waals surface area contributed by atoms with E-state index in [0.29, 0.717) is 17.2 Å². The number of methoxy groups -OCH3 is 3. The summed E-state index contributed by atoms with van der Waals surface area (Å²) in [6.07, 6.45) is 45.5. The molecule has 1 aromatic rings. The van der Waals surface area contributed by atoms with E-state index in [-0.39, 0.29) is 6.10 Å². The second kappa shape index (κ2) is 35.9. The molecule has 0 aliphatic rings. The maximum Gasteiger partial charge on any atom is 0.207 e. The first-order valence-corrected chi connectivity index (χ1v) is 25.9. The molecule has 0 unspecified atom stereocenters. The van der Waals surface area contributed by atoms with Gasteiger partial charge in [-0.05, 0) is 219 Å². The van der Waals surface area contributed by atoms with E-state index < -0.39 is 0 Å². The molecule has 4 nitrogen and oxygen atoms in total. The van der Waals surface area contributed by atoms with Gasteiger partial charge in [0.25, 0.3) is 0 Å². The van der Waals surface area contributed by atoms with Crippen LogP contribution in [0.3, 0.4) is 0 Å². The van der Waals surface area contributed by atoms with Crippen LogP contribution >= 0.6 is 0 Å². The van der Waals surface area contributed by atoms with E-state index in [0.717, 1.165) is 107 Å². The van der Waals surface area contributed by atoms with Crippen molar-refractivity contribution >= 4 is 0 Å². The highest BCUT2D eigenvalue weighted by Crippen LogP contribution is 2.50. The highest BCUT2D eigenvalue weighted by molar-refractivity contribution is 5.67. The average molecular weight is 921 g/mol. The predicted octanol–water partition coefficient (Wildman–Crippen LogP) is 19.9. The molecule has 1 rings (SSSR count). The molecule has 0 amide bonds. The number of benzene rings is 1. The standard InChI is InChI=1S/C63H100O4/c1-47(2)27-18-28-49(5)29-19-30-50(6)31-20-32-51(7)33-21-34-52(8)35-22-36-53(9)37-23-38-54(10)39-24-40-55(11)41-25-42-56(12)43-26-44-57(13)45-46-59-58(14)60(67-48(3)4)62(65-16)63(66-17)61(59)64-15/h27,29,31,33,35,37,39,41,43,45,48H,18-26,28,30,32,34,36,38,40,42,44,46H2,1-17H3/b49-29+,50-31+,51-33+,52-35+,53-37+,54-39+,55-41+,56-43+,57-45+. The molecule has 0 saturated carbocycles. The zero-order valence-electron chi connectivity index (χ0n) is 46.4. The first kappa shape index (κ1) is 60.8. The van der Waals surface area contributed by atoms with Crippen molar-refractivity contribution in [2.75, 3.05) is 21.3 Å². The molecule has 0 aromatic heterocycles. The van der Waals surface area contributed by atoms with E-state index in [1.807, 2.05) is 13.8 Å². The molecule has 67 heavy (non-hydrogen) atoms. The van der Waals surface area contributed by atoms with Gasteiger partial charge in [0, 0.05) is 11.1 Å². The lowest BCUT2D eigenvalue weighted by atomic mass is 9.99. The Bertz CT molecular complexity index is 1920. The molecule has 4 heteroatoms. The van der Waals surface area contributed by atoms with Crippen molar-refractivity contribution < 1.29 is 18.9 Å². The zero-order valence-corrected chi connectivity index (χ0v) is 46.4. The summed E-state index contributed by atoms with van der Waals surface area (Å²) in [5.74, 6) is 2.57. The van der Waals surface area contributed by atoms with E-state index >= 15 is 0 Å². The Kier molecular flexibility index (Phi) is 32.6. The van der Waals surface area contributed by atoms with Crippen molar-refractivity contribution in [2.45, 2.75) is 225 Å². The lowest BCUT2D eigenvalue weighted by molar-refractivity contribution is 0.222. The van der Waals surface area contributed by atoms with Crippen LogP contribution < -0.4 is 18.9 Å². The van der Waals surface area contributed by atoms with Gasteiger partial charge in [-0.2, -0.15) is 0 Å². The maximum absolute atomic E-state index is 6.19. The lowest BCUT2D eigenvalue weighted by Crippen LogP contribution is -2.11. The molecule has 0 bridgehead atoms. The van der Waals surface area contributed by atoms with Gasteiger partial charge in [0.15, 0.2) is 11.5 Å². The number of hydrogen-bond acceptors (Lipinski definition) is 4. The first-order valence-electron chi connectivity index (χ1n) is 25.9. The fourth-order valence-electron chi connectivity index (χ4n) is 8.18. The molecule has 376 valence electrons. The summed E-state index contributed by atoms with van der Waals surface area (Å²) >= 11 is 0. The fraction of sp³-hybridized carbons (Fsp3) is 0.587. The molecular weight excluding hydrogens is 821 g/mol. The van der Waals surface area contributed by atoms with Crippen molar-refractivity contribution in [3.63, 3.8) is 0 Å². The second-order valence-electron chi connectivity index (χ2n) is 20.0. The normalized spacial score (nSPS) is 14.0. The monoisotopic (exact) mass is 921 g/mol. The van der Waals surface area contributed by atoms with Crippen LogP contribution in [0.25, 0.3) is 0 Å². The van der Waals surface area contributed by atoms with E-state index in [9.17, 15) is 0 Å². The highest BCUT2D eigenvalue weighted by Gasteiger charge is 2.25. The summed E-state index contributed by atoms with van der Waals surface area (Å²) in [5, 5.41) is 0. The van der Waals surface area contributed by atoms with Crippen LogP contribution in [-0.2, 0) is 6.42 Å². The summed E-state index contributed by atoms with van der Waals surface area (Å²) in [4.78, 5) is 0. The number of hydrogen-bond donors (Lipinski definition) is 0. The summed E-state index contributed by atoms with van der Waals surface area (Å²) in [5.41, 5.74) is 17.0. The predicted molar refractivity (Wildman–Crippen MR) is 297 cm³/mol. The topological polar surface area (TPSA) is 36.9 Å². The molecule has 1 aromatic carbocycles. The third-order valence-electron chi connectivity index (χ3n) is 12.6. The number of allylic oxidation sites excluding steroid dienone is 20. The van der Waals surface area contributed by atoms with Crippen LogP contribution in [0.15, 0.2) is 116 Å². The Morgan fingerprint density at radius 1 is 0.343 bits per heavy atom. The third kappa shape index (κ3) is 28.0. The zero-order chi connectivity index (χ0) is 50.1. The summed E-state index contributed by atoms with van der Waals surface area (Å²) in [6, 6.07) is 0. The molecule has 0 aliphatic carbocycles. The Hall–Kier alpha value is -4.18. The number of rotatable bonds is 34. The van der Waals surface area contributed by atoms with Gasteiger partial charge >= 0.3 is 0 Å². The van der Waals surface area contributed by atoms with Gasteiger partial charge in [-0.1, -0.05) is 116 Å². The van der Waals surface area contributed by atoms with Crippen LogP contribution in [0.4, 0.5) is 0 Å². The molecule has 0 radical (unpaired) electrons. The van der Waals surface area contributed by atoms with E-state index in [1.165, 1.54) is 87.8 Å². The maximum atomic E-state index is 6.19. The SMILES string of the molecule is COc1c(C/C=C(\C)CC/C=C(\C)CC/C=C(\C)CC/C=C(\C)CC/C=C(\C)CC/C=C(\C)CC/C=C(\C)CC/C=C(\C)CC/C=C(\C)CCC=C(C)C)c(C)c(OC(C)C)c(OC)c1OC. The smallest absolute Gasteiger partial charge is 0.207 e. The van der Waals surface area contributed by atoms with Crippen molar-refractivity contribution in [1.82, 2.24) is 0 Å². The fourth-order valence-corrected chi connectivity index (χ4v) is 8.18. The van der Waals surface area contributed by atoms with Gasteiger partial charge in [0.2, 0.25) is 11.5 Å². The van der Waals surface area contributed by atoms with E-state index in [2.05, 4.69) is 144 Å². The Morgan fingerprint density at radius 2 is 0.582 bits per heavy atom. The van der Waals surface area contributed by atoms with Crippen molar-refractivity contribution in [3.8, 4) is 23.0 Å². The minimum absolute atomic E-state index is 0.0100. The van der Waals surface area contributed by atoms with Crippen LogP contribution in [0, 0.1) is 6.92 Å². The lowest BCUT2D eigenvalue weighted by Gasteiger charge is -2.23. The van der Waals surface area contributed by atoms with Crippen LogP contribution in [0.2, 0.25) is 0 Å². The molecule has 0 heterocycles. The quantitative estimate of drug-likeness (QED) is 0.0646. The van der Waals surface area contributed by atoms with E-state index in [4.69, 9.17) is 18.9 Å². The first-order chi connectivity index (χ1) is 31.9. The Labute approximate surface area is 414 Å². The minimum Gasteiger partial charge on any atom is -0.492 e. The van der Waals surface area contributed by atoms with E-state index in [1.54, 1.807) is 21.3 Å². The van der Waals surface area contributed by atoms with Crippen molar-refractivity contribution in [1.29, 1.82) is 0 Å². The van der Waals surface area contributed by atoms with Crippen LogP contribution in [-0.4, -0.2) is 27.4 Å². The average Bonchev–Trinajstić information content (AvgIpc) is 3.26. The third-order valence-corrected chi connectivity index (χ3v) is 12.6. The molecule has 0 aliphatic heterocycles. The van der Waals surface area contributed by atoms with Crippen molar-refractivity contribution in [2.24, 2.45) is 0 Å². The van der Waals surface area contributed by atoms with Gasteiger partial charge in [0.1, 0.15) is 0 Å². The largest absolute Gasteiger partial charge is 0.492 e. The molecule has 0 spiro atoms. The highest BCUT2D eigenvalue weighted by atomic mass is 16.5. The molecule has 0 fully saturated rings. The van der Waals surface area contributed by atoms with Crippen molar-refractivity contribution in [3.05, 3.63) is 128 Å². The molecule has 0 saturated heterocycles. The van der Waals surface area contributed by atoms with Gasteiger partial charge in [-0.3, -0.25) is 0 Å². The minimum atomic E-state index is 0.0100. The van der Waals surface area contributed by atoms with Gasteiger partial charge in [-0.15, -0.1) is 0 Å². The Balaban J connectivity index is 2.40. The van der Waals surface area contributed by atoms with Gasteiger partial charge < -0.3 is 18.9 Å². The number of ether oxygens (including phenoxy) is 4. The second-order valence-corrected chi connectivity index (χ2v) is 20.0. The summed E-state index contributed by atoms with van der Waals surface area (Å²) < 4.78 is 23.5. The van der Waals surface area contributed by atoms with Gasteiger partial charge in [-0.25, -0.2) is 0 Å². The Morgan fingerprint density at radius 3 is 0.821 bits per heavy atom. The summed E-state index contributed by atoms with van der Waals surface area (Å²) in [7, 11) is 4.97. The molecular formula is C63H100O4. The molecule has 0 N–H and O–H groups in total. The van der Waals surface area contributed by atoms with Gasteiger partial charge in [0.05, 0.1) is 27.4 Å². The molecule has 0 atom stereocenters. The van der Waals surface area contributed by atoms with Crippen LogP contribution in [0.1, 0.15) is 217 Å². The van der Waals surface area contributed by atoms with Crippen LogP contribution in [0.5, 0.6) is 23.0 Å². The summed E-state index contributed by atoms with van der Waals surface area (Å²) in [6.45, 7) is 31.0.